The highest BCUT2D eigenvalue weighted by molar-refractivity contribution is 5.92. The molecule has 1 fully saturated rings. The van der Waals surface area contributed by atoms with Gasteiger partial charge in [-0.2, -0.15) is 5.10 Å². The predicted molar refractivity (Wildman–Crippen MR) is 96.2 cm³/mol. The minimum absolute atomic E-state index is 0.0787. The third-order valence-corrected chi connectivity index (χ3v) is 4.89. The van der Waals surface area contributed by atoms with Gasteiger partial charge in [0.25, 0.3) is 5.91 Å². The maximum atomic E-state index is 13.7. The molecule has 3 heterocycles. The number of hydrogen-bond acceptors (Lipinski definition) is 5. The van der Waals surface area contributed by atoms with Crippen LogP contribution in [-0.2, 0) is 0 Å². The Balaban J connectivity index is 1.35. The molecule has 0 radical (unpaired) electrons. The Morgan fingerprint density at radius 1 is 1.07 bits per heavy atom. The van der Waals surface area contributed by atoms with Crippen LogP contribution in [0.4, 0.5) is 8.78 Å². The molecule has 3 aromatic rings. The number of aromatic nitrogens is 5. The van der Waals surface area contributed by atoms with Crippen LogP contribution in [0.2, 0.25) is 0 Å². The van der Waals surface area contributed by atoms with E-state index in [2.05, 4.69) is 25.4 Å². The molecule has 28 heavy (non-hydrogen) atoms. The molecular weight excluding hydrogens is 366 g/mol. The molecule has 1 aliphatic rings. The van der Waals surface area contributed by atoms with Crippen LogP contribution in [0, 0.1) is 11.6 Å². The Hall–Kier alpha value is -3.23. The van der Waals surface area contributed by atoms with E-state index < -0.39 is 17.5 Å². The fraction of sp³-hybridized carbons (Fsp3) is 0.316. The first-order valence-corrected chi connectivity index (χ1v) is 9.02. The van der Waals surface area contributed by atoms with Gasteiger partial charge in [0.1, 0.15) is 5.82 Å². The number of carbonyl (C=O) groups excluding carboxylic acids is 1. The van der Waals surface area contributed by atoms with E-state index in [-0.39, 0.29) is 17.8 Å². The lowest BCUT2D eigenvalue weighted by molar-refractivity contribution is 0.0912. The standard InChI is InChI=1S/C19H18F2N6O/c20-13-7-16(21)18(24-9-13)19(28)26-14-1-3-15(4-2-14)27-11-12(8-25-27)17-10-22-5-6-23-17/h5-11,14-15H,1-4H2,(H,26,28). The average molecular weight is 384 g/mol. The van der Waals surface area contributed by atoms with Crippen LogP contribution in [0.25, 0.3) is 11.3 Å². The van der Waals surface area contributed by atoms with Crippen molar-refractivity contribution in [3.63, 3.8) is 0 Å². The summed E-state index contributed by atoms with van der Waals surface area (Å²) in [4.78, 5) is 24.1. The largest absolute Gasteiger partial charge is 0.348 e. The van der Waals surface area contributed by atoms with Crippen LogP contribution in [0.3, 0.4) is 0 Å². The van der Waals surface area contributed by atoms with Gasteiger partial charge in [-0.3, -0.25) is 19.4 Å². The summed E-state index contributed by atoms with van der Waals surface area (Å²) in [5, 5.41) is 7.22. The van der Waals surface area contributed by atoms with Crippen molar-refractivity contribution in [1.29, 1.82) is 0 Å². The summed E-state index contributed by atoms with van der Waals surface area (Å²) >= 11 is 0. The highest BCUT2D eigenvalue weighted by atomic mass is 19.1. The number of nitrogens with one attached hydrogen (secondary N) is 1. The predicted octanol–water partition coefficient (Wildman–Crippen LogP) is 2.93. The summed E-state index contributed by atoms with van der Waals surface area (Å²) in [6, 6.07) is 0.801. The van der Waals surface area contributed by atoms with Gasteiger partial charge in [0.2, 0.25) is 0 Å². The highest BCUT2D eigenvalue weighted by Crippen LogP contribution is 2.29. The molecule has 9 heteroatoms. The molecule has 144 valence electrons. The van der Waals surface area contributed by atoms with Gasteiger partial charge in [0.05, 0.1) is 30.3 Å². The van der Waals surface area contributed by atoms with Gasteiger partial charge in [0.15, 0.2) is 11.5 Å². The van der Waals surface area contributed by atoms with Gasteiger partial charge >= 0.3 is 0 Å². The van der Waals surface area contributed by atoms with E-state index in [4.69, 9.17) is 0 Å². The van der Waals surface area contributed by atoms with Gasteiger partial charge in [-0.1, -0.05) is 0 Å². The van der Waals surface area contributed by atoms with Crippen molar-refractivity contribution in [3.05, 3.63) is 60.6 Å². The number of rotatable bonds is 4. The molecule has 0 spiro atoms. The molecule has 0 aromatic carbocycles. The first kappa shape index (κ1) is 18.1. The molecule has 4 rings (SSSR count). The van der Waals surface area contributed by atoms with Crippen LogP contribution in [0.5, 0.6) is 0 Å². The SMILES string of the molecule is O=C(NC1CCC(n2cc(-c3cnccn3)cn2)CC1)c1ncc(F)cc1F. The van der Waals surface area contributed by atoms with Gasteiger partial charge in [-0.05, 0) is 25.7 Å². The van der Waals surface area contributed by atoms with Crippen molar-refractivity contribution >= 4 is 5.91 Å². The second-order valence-corrected chi connectivity index (χ2v) is 6.76. The lowest BCUT2D eigenvalue weighted by Gasteiger charge is -2.29. The molecule has 1 saturated carbocycles. The number of halogens is 2. The van der Waals surface area contributed by atoms with Crippen molar-refractivity contribution < 1.29 is 13.6 Å². The molecular formula is C19H18F2N6O. The first-order chi connectivity index (χ1) is 13.6. The third-order valence-electron chi connectivity index (χ3n) is 4.89. The molecule has 0 unspecified atom stereocenters. The summed E-state index contributed by atoms with van der Waals surface area (Å²) in [5.41, 5.74) is 1.29. The van der Waals surface area contributed by atoms with E-state index in [1.165, 1.54) is 0 Å². The van der Waals surface area contributed by atoms with Crippen LogP contribution >= 0.6 is 0 Å². The Morgan fingerprint density at radius 2 is 1.89 bits per heavy atom. The third kappa shape index (κ3) is 3.88. The molecule has 1 amide bonds. The number of pyridine rings is 1. The number of amides is 1. The van der Waals surface area contributed by atoms with Crippen LogP contribution in [0.1, 0.15) is 42.2 Å². The van der Waals surface area contributed by atoms with Gasteiger partial charge in [-0.15, -0.1) is 0 Å². The van der Waals surface area contributed by atoms with Crippen LogP contribution in [0.15, 0.2) is 43.2 Å². The molecule has 0 aliphatic heterocycles. The minimum Gasteiger partial charge on any atom is -0.348 e. The maximum absolute atomic E-state index is 13.7. The molecule has 0 bridgehead atoms. The Labute approximate surface area is 159 Å². The van der Waals surface area contributed by atoms with Crippen molar-refractivity contribution in [2.45, 2.75) is 37.8 Å². The van der Waals surface area contributed by atoms with E-state index in [1.807, 2.05) is 10.9 Å². The number of carbonyl (C=O) groups is 1. The van der Waals surface area contributed by atoms with E-state index in [9.17, 15) is 13.6 Å². The molecule has 3 aromatic heterocycles. The van der Waals surface area contributed by atoms with Gasteiger partial charge < -0.3 is 5.32 Å². The van der Waals surface area contributed by atoms with E-state index >= 15 is 0 Å². The Bertz CT molecular complexity index is 970. The normalized spacial score (nSPS) is 19.4. The topological polar surface area (TPSA) is 85.6 Å². The average Bonchev–Trinajstić information content (AvgIpc) is 3.19. The molecule has 1 aliphatic carbocycles. The Kier molecular flexibility index (Phi) is 5.05. The lowest BCUT2D eigenvalue weighted by atomic mass is 9.91. The zero-order valence-corrected chi connectivity index (χ0v) is 14.9. The quantitative estimate of drug-likeness (QED) is 0.748. The van der Waals surface area contributed by atoms with Crippen molar-refractivity contribution in [3.8, 4) is 11.3 Å². The zero-order chi connectivity index (χ0) is 19.5. The number of hydrogen-bond donors (Lipinski definition) is 1. The summed E-state index contributed by atoms with van der Waals surface area (Å²) < 4.78 is 28.6. The van der Waals surface area contributed by atoms with Crippen molar-refractivity contribution in [2.75, 3.05) is 0 Å². The van der Waals surface area contributed by atoms with Crippen molar-refractivity contribution in [2.24, 2.45) is 0 Å². The second-order valence-electron chi connectivity index (χ2n) is 6.76. The number of nitrogens with zero attached hydrogens (tertiary/aromatic N) is 5. The minimum atomic E-state index is -0.959. The molecule has 0 atom stereocenters. The van der Waals surface area contributed by atoms with E-state index in [0.29, 0.717) is 6.07 Å². The zero-order valence-electron chi connectivity index (χ0n) is 14.9. The Morgan fingerprint density at radius 3 is 2.61 bits per heavy atom. The van der Waals surface area contributed by atoms with Crippen LogP contribution < -0.4 is 5.32 Å². The fourth-order valence-electron chi connectivity index (χ4n) is 3.44. The highest BCUT2D eigenvalue weighted by Gasteiger charge is 2.26. The summed E-state index contributed by atoms with van der Waals surface area (Å²) in [7, 11) is 0. The van der Waals surface area contributed by atoms with Gasteiger partial charge in [-0.25, -0.2) is 13.8 Å². The fourth-order valence-corrected chi connectivity index (χ4v) is 3.44. The summed E-state index contributed by atoms with van der Waals surface area (Å²) in [5.74, 6) is -2.39. The smallest absolute Gasteiger partial charge is 0.273 e. The lowest BCUT2D eigenvalue weighted by Crippen LogP contribution is -2.38. The first-order valence-electron chi connectivity index (χ1n) is 9.02. The van der Waals surface area contributed by atoms with Crippen molar-refractivity contribution in [1.82, 2.24) is 30.0 Å². The molecule has 7 nitrogen and oxygen atoms in total. The van der Waals surface area contributed by atoms with Gasteiger partial charge in [0, 0.05) is 36.3 Å². The summed E-state index contributed by atoms with van der Waals surface area (Å²) in [6.45, 7) is 0. The molecule has 0 saturated heterocycles. The van der Waals surface area contributed by atoms with E-state index in [0.717, 1.165) is 43.1 Å². The summed E-state index contributed by atoms with van der Waals surface area (Å²) in [6.07, 6.45) is 12.6. The maximum Gasteiger partial charge on any atom is 0.273 e. The van der Waals surface area contributed by atoms with E-state index in [1.54, 1.807) is 24.8 Å². The van der Waals surface area contributed by atoms with Crippen LogP contribution in [-0.4, -0.2) is 36.7 Å². The molecule has 1 N–H and O–H groups in total. The second kappa shape index (κ2) is 7.79. The monoisotopic (exact) mass is 384 g/mol.